The monoisotopic (exact) mass is 318 g/mol. The Bertz CT molecular complexity index is 351. The summed E-state index contributed by atoms with van der Waals surface area (Å²) in [6.45, 7) is 5.16. The van der Waals surface area contributed by atoms with E-state index >= 15 is 0 Å². The van der Waals surface area contributed by atoms with Gasteiger partial charge in [-0.25, -0.2) is 0 Å². The molecule has 0 spiro atoms. The average Bonchev–Trinajstić information content (AvgIpc) is 2.96. The van der Waals surface area contributed by atoms with Gasteiger partial charge in [-0.3, -0.25) is 4.99 Å². The second-order valence-electron chi connectivity index (χ2n) is 3.61. The fraction of sp³-hybridized carbons (Fsp3) is 0.545. The molecule has 1 aliphatic rings. The normalized spacial score (nSPS) is 19.9. The molecular formula is C11H15BrN2S2. The van der Waals surface area contributed by atoms with E-state index in [1.54, 1.807) is 0 Å². The first-order valence-corrected chi connectivity index (χ1v) is 8.26. The van der Waals surface area contributed by atoms with Gasteiger partial charge in [0.1, 0.15) is 0 Å². The SMILES string of the molecule is CCN(Cc1cccs1)C1=NCC(CBr)S1. The van der Waals surface area contributed by atoms with E-state index in [2.05, 4.69) is 50.3 Å². The maximum Gasteiger partial charge on any atom is 0.159 e. The number of thiophene rings is 1. The molecule has 1 unspecified atom stereocenters. The van der Waals surface area contributed by atoms with Crippen molar-refractivity contribution in [3.05, 3.63) is 22.4 Å². The fourth-order valence-electron chi connectivity index (χ4n) is 1.56. The van der Waals surface area contributed by atoms with Gasteiger partial charge >= 0.3 is 0 Å². The number of aliphatic imine (C=N–C) groups is 1. The minimum absolute atomic E-state index is 0.618. The maximum absolute atomic E-state index is 4.62. The zero-order valence-corrected chi connectivity index (χ0v) is 12.4. The zero-order chi connectivity index (χ0) is 11.4. The first-order chi connectivity index (χ1) is 7.83. The number of halogens is 1. The quantitative estimate of drug-likeness (QED) is 0.790. The van der Waals surface area contributed by atoms with E-state index in [1.807, 2.05) is 23.1 Å². The number of hydrogen-bond acceptors (Lipinski definition) is 4. The summed E-state index contributed by atoms with van der Waals surface area (Å²) in [5.74, 6) is 0. The van der Waals surface area contributed by atoms with Crippen molar-refractivity contribution >= 4 is 44.2 Å². The lowest BCUT2D eigenvalue weighted by atomic mass is 10.4. The van der Waals surface area contributed by atoms with E-state index in [0.29, 0.717) is 5.25 Å². The largest absolute Gasteiger partial charge is 0.347 e. The summed E-state index contributed by atoms with van der Waals surface area (Å²) in [5.41, 5.74) is 0. The van der Waals surface area contributed by atoms with Crippen molar-refractivity contribution in [3.8, 4) is 0 Å². The summed E-state index contributed by atoms with van der Waals surface area (Å²) in [6, 6.07) is 4.30. The smallest absolute Gasteiger partial charge is 0.159 e. The van der Waals surface area contributed by atoms with Crippen LogP contribution in [0.15, 0.2) is 22.5 Å². The molecule has 0 aliphatic carbocycles. The van der Waals surface area contributed by atoms with Crippen molar-refractivity contribution in [2.75, 3.05) is 18.4 Å². The van der Waals surface area contributed by atoms with Gasteiger partial charge in [-0.2, -0.15) is 0 Å². The van der Waals surface area contributed by atoms with Gasteiger partial charge in [0.25, 0.3) is 0 Å². The first kappa shape index (κ1) is 12.5. The Morgan fingerprint density at radius 3 is 3.06 bits per heavy atom. The lowest BCUT2D eigenvalue weighted by Crippen LogP contribution is -2.27. The molecule has 16 heavy (non-hydrogen) atoms. The van der Waals surface area contributed by atoms with Crippen LogP contribution in [0.4, 0.5) is 0 Å². The van der Waals surface area contributed by atoms with Gasteiger partial charge in [0.05, 0.1) is 13.1 Å². The van der Waals surface area contributed by atoms with E-state index in [0.717, 1.165) is 25.0 Å². The van der Waals surface area contributed by atoms with E-state index in [1.165, 1.54) is 10.0 Å². The number of alkyl halides is 1. The summed E-state index contributed by atoms with van der Waals surface area (Å²) in [4.78, 5) is 8.39. The van der Waals surface area contributed by atoms with E-state index in [-0.39, 0.29) is 0 Å². The molecule has 0 radical (unpaired) electrons. The highest BCUT2D eigenvalue weighted by Crippen LogP contribution is 2.26. The Labute approximate surface area is 113 Å². The van der Waals surface area contributed by atoms with Crippen molar-refractivity contribution in [1.29, 1.82) is 0 Å². The molecule has 2 nitrogen and oxygen atoms in total. The third kappa shape index (κ3) is 3.02. The lowest BCUT2D eigenvalue weighted by Gasteiger charge is -2.21. The summed E-state index contributed by atoms with van der Waals surface area (Å²) >= 11 is 7.24. The molecule has 0 N–H and O–H groups in total. The molecule has 88 valence electrons. The Balaban J connectivity index is 1.96. The molecule has 1 aliphatic heterocycles. The van der Waals surface area contributed by atoms with Crippen LogP contribution in [0, 0.1) is 0 Å². The number of nitrogens with zero attached hydrogens (tertiary/aromatic N) is 2. The summed E-state index contributed by atoms with van der Waals surface area (Å²) in [7, 11) is 0. The predicted octanol–water partition coefficient (Wildman–Crippen LogP) is 3.44. The lowest BCUT2D eigenvalue weighted by molar-refractivity contribution is 0.448. The van der Waals surface area contributed by atoms with Crippen molar-refractivity contribution < 1.29 is 0 Å². The third-order valence-corrected chi connectivity index (χ3v) is 5.77. The molecule has 1 aromatic heterocycles. The molecule has 1 atom stereocenters. The third-order valence-electron chi connectivity index (χ3n) is 2.45. The summed E-state index contributed by atoms with van der Waals surface area (Å²) < 4.78 is 0. The van der Waals surface area contributed by atoms with Gasteiger partial charge in [0, 0.05) is 22.0 Å². The molecule has 0 amide bonds. The predicted molar refractivity (Wildman–Crippen MR) is 77.9 cm³/mol. The highest BCUT2D eigenvalue weighted by Gasteiger charge is 2.22. The molecule has 5 heteroatoms. The van der Waals surface area contributed by atoms with Gasteiger partial charge in [-0.05, 0) is 18.4 Å². The summed E-state index contributed by atoms with van der Waals surface area (Å²) in [6.07, 6.45) is 0. The molecule has 0 saturated heterocycles. The van der Waals surface area contributed by atoms with E-state index in [9.17, 15) is 0 Å². The molecule has 2 heterocycles. The van der Waals surface area contributed by atoms with Crippen LogP contribution in [-0.4, -0.2) is 33.7 Å². The Morgan fingerprint density at radius 2 is 2.50 bits per heavy atom. The Hall–Kier alpha value is -0.000000000000000111. The maximum atomic E-state index is 4.62. The molecule has 2 rings (SSSR count). The second-order valence-corrected chi connectivity index (χ2v) is 6.56. The Morgan fingerprint density at radius 1 is 1.62 bits per heavy atom. The Kier molecular flexibility index (Phi) is 4.73. The van der Waals surface area contributed by atoms with Crippen LogP contribution < -0.4 is 0 Å². The first-order valence-electron chi connectivity index (χ1n) is 5.38. The van der Waals surface area contributed by atoms with E-state index in [4.69, 9.17) is 0 Å². The average molecular weight is 319 g/mol. The van der Waals surface area contributed by atoms with Crippen LogP contribution >= 0.6 is 39.0 Å². The van der Waals surface area contributed by atoms with Crippen LogP contribution in [0.2, 0.25) is 0 Å². The van der Waals surface area contributed by atoms with Crippen LogP contribution in [-0.2, 0) is 6.54 Å². The van der Waals surface area contributed by atoms with Crippen LogP contribution in [0.1, 0.15) is 11.8 Å². The fourth-order valence-corrected chi connectivity index (χ4v) is 3.89. The molecule has 0 saturated carbocycles. The topological polar surface area (TPSA) is 15.6 Å². The number of hydrogen-bond donors (Lipinski definition) is 0. The van der Waals surface area contributed by atoms with Crippen molar-refractivity contribution in [1.82, 2.24) is 4.90 Å². The van der Waals surface area contributed by atoms with Crippen LogP contribution in [0.5, 0.6) is 0 Å². The standard InChI is InChI=1S/C11H15BrN2S2/c1-2-14(8-9-4-3-5-15-9)11-13-7-10(6-12)16-11/h3-5,10H,2,6-8H2,1H3. The molecule has 0 bridgehead atoms. The minimum Gasteiger partial charge on any atom is -0.347 e. The molecule has 0 aromatic carbocycles. The van der Waals surface area contributed by atoms with Gasteiger partial charge in [-0.15, -0.1) is 11.3 Å². The number of thioether (sulfide) groups is 1. The summed E-state index contributed by atoms with van der Waals surface area (Å²) in [5, 5.41) is 4.99. The van der Waals surface area contributed by atoms with Crippen molar-refractivity contribution in [2.24, 2.45) is 4.99 Å². The van der Waals surface area contributed by atoms with Crippen molar-refractivity contribution in [3.63, 3.8) is 0 Å². The number of rotatable bonds is 4. The highest BCUT2D eigenvalue weighted by molar-refractivity contribution is 9.09. The zero-order valence-electron chi connectivity index (χ0n) is 9.23. The van der Waals surface area contributed by atoms with E-state index < -0.39 is 0 Å². The highest BCUT2D eigenvalue weighted by atomic mass is 79.9. The van der Waals surface area contributed by atoms with Gasteiger partial charge < -0.3 is 4.90 Å². The van der Waals surface area contributed by atoms with Gasteiger partial charge in [-0.1, -0.05) is 33.8 Å². The van der Waals surface area contributed by atoms with Crippen LogP contribution in [0.25, 0.3) is 0 Å². The van der Waals surface area contributed by atoms with Gasteiger partial charge in [0.2, 0.25) is 0 Å². The van der Waals surface area contributed by atoms with Crippen molar-refractivity contribution in [2.45, 2.75) is 18.7 Å². The van der Waals surface area contributed by atoms with Gasteiger partial charge in [0.15, 0.2) is 5.17 Å². The van der Waals surface area contributed by atoms with Crippen LogP contribution in [0.3, 0.4) is 0 Å². The molecule has 1 aromatic rings. The second kappa shape index (κ2) is 6.07. The minimum atomic E-state index is 0.618. The molecule has 0 fully saturated rings. The molecular weight excluding hydrogens is 304 g/mol. The number of amidine groups is 1.